The van der Waals surface area contributed by atoms with Crippen molar-refractivity contribution in [3.63, 3.8) is 0 Å². The van der Waals surface area contributed by atoms with Crippen molar-refractivity contribution in [3.05, 3.63) is 51.6 Å². The highest BCUT2D eigenvalue weighted by Crippen LogP contribution is 2.37. The summed E-state index contributed by atoms with van der Waals surface area (Å²) >= 11 is 0. The number of anilines is 2. The van der Waals surface area contributed by atoms with Crippen molar-refractivity contribution in [1.29, 1.82) is 5.41 Å². The number of fused-ring (bicyclic) bond motifs is 1. The Bertz CT molecular complexity index is 1060. The zero-order valence-corrected chi connectivity index (χ0v) is 12.6. The number of pyridine rings is 2. The number of hydrogen-bond acceptors (Lipinski definition) is 5. The molecule has 1 aromatic carbocycles. The van der Waals surface area contributed by atoms with Crippen molar-refractivity contribution >= 4 is 28.5 Å². The summed E-state index contributed by atoms with van der Waals surface area (Å²) in [7, 11) is 0. The second-order valence-electron chi connectivity index (χ2n) is 5.25. The quantitative estimate of drug-likeness (QED) is 0.426. The van der Waals surface area contributed by atoms with E-state index in [4.69, 9.17) is 16.9 Å². The van der Waals surface area contributed by atoms with Gasteiger partial charge in [-0.2, -0.15) is 0 Å². The lowest BCUT2D eigenvalue weighted by atomic mass is 9.94. The molecule has 122 valence electrons. The highest BCUT2D eigenvalue weighted by Gasteiger charge is 2.21. The molecule has 2 heterocycles. The van der Waals surface area contributed by atoms with Gasteiger partial charge in [-0.05, 0) is 18.6 Å². The first-order valence-corrected chi connectivity index (χ1v) is 6.92. The minimum Gasteiger partial charge on any atom is -0.396 e. The molecule has 8 heteroatoms. The standard InChI is InChI=1S/C16H13F2N5O/c1-6-15-12(10(18)5-22-6)11(14(21)16(24)23-15)7-2-3-9(17)13(20)8(7)4-19/h2-5,19H,20-21H2,1H3,(H,23,24). The van der Waals surface area contributed by atoms with Gasteiger partial charge in [0.2, 0.25) is 0 Å². The Morgan fingerprint density at radius 1 is 1.21 bits per heavy atom. The largest absolute Gasteiger partial charge is 0.396 e. The van der Waals surface area contributed by atoms with Crippen LogP contribution in [0.3, 0.4) is 0 Å². The summed E-state index contributed by atoms with van der Waals surface area (Å²) in [6.45, 7) is 1.61. The number of rotatable bonds is 2. The molecule has 24 heavy (non-hydrogen) atoms. The number of nitrogen functional groups attached to an aromatic ring is 2. The number of aromatic nitrogens is 2. The lowest BCUT2D eigenvalue weighted by Crippen LogP contribution is -2.15. The Labute approximate surface area is 134 Å². The molecule has 3 aromatic rings. The molecule has 6 nitrogen and oxygen atoms in total. The molecule has 0 saturated carbocycles. The van der Waals surface area contributed by atoms with Crippen molar-refractivity contribution in [2.24, 2.45) is 0 Å². The van der Waals surface area contributed by atoms with Crippen LogP contribution in [0.5, 0.6) is 0 Å². The number of nitrogens with zero attached hydrogens (tertiary/aromatic N) is 1. The molecule has 6 N–H and O–H groups in total. The van der Waals surface area contributed by atoms with E-state index in [1.54, 1.807) is 6.92 Å². The summed E-state index contributed by atoms with van der Waals surface area (Å²) < 4.78 is 28.1. The second kappa shape index (κ2) is 5.41. The van der Waals surface area contributed by atoms with Crippen LogP contribution in [0.4, 0.5) is 20.2 Å². The van der Waals surface area contributed by atoms with E-state index in [0.29, 0.717) is 5.69 Å². The fraction of sp³-hybridized carbons (Fsp3) is 0.0625. The molecule has 0 fully saturated rings. The molecule has 0 aliphatic heterocycles. The number of nitrogens with one attached hydrogen (secondary N) is 2. The van der Waals surface area contributed by atoms with Crippen molar-refractivity contribution in [1.82, 2.24) is 9.97 Å². The zero-order chi connectivity index (χ0) is 17.6. The van der Waals surface area contributed by atoms with E-state index in [1.165, 1.54) is 6.07 Å². The molecule has 0 saturated heterocycles. The maximum atomic E-state index is 14.4. The van der Waals surface area contributed by atoms with Gasteiger partial charge in [-0.25, -0.2) is 8.78 Å². The van der Waals surface area contributed by atoms with Crippen LogP contribution < -0.4 is 17.0 Å². The van der Waals surface area contributed by atoms with Crippen LogP contribution in [0.2, 0.25) is 0 Å². The van der Waals surface area contributed by atoms with Gasteiger partial charge >= 0.3 is 0 Å². The van der Waals surface area contributed by atoms with E-state index in [9.17, 15) is 13.6 Å². The molecule has 3 rings (SSSR count). The third-order valence-electron chi connectivity index (χ3n) is 3.87. The fourth-order valence-corrected chi connectivity index (χ4v) is 2.67. The molecule has 0 aliphatic rings. The average Bonchev–Trinajstić information content (AvgIpc) is 2.55. The molecule has 0 unspecified atom stereocenters. The monoisotopic (exact) mass is 329 g/mol. The highest BCUT2D eigenvalue weighted by molar-refractivity contribution is 6.06. The summed E-state index contributed by atoms with van der Waals surface area (Å²) in [5.74, 6) is -1.42. The molecule has 0 amide bonds. The topological polar surface area (TPSA) is 122 Å². The van der Waals surface area contributed by atoms with E-state index >= 15 is 0 Å². The van der Waals surface area contributed by atoms with Gasteiger partial charge in [0, 0.05) is 22.7 Å². The molecule has 0 spiro atoms. The zero-order valence-electron chi connectivity index (χ0n) is 12.6. The average molecular weight is 329 g/mol. The van der Waals surface area contributed by atoms with Gasteiger partial charge in [-0.1, -0.05) is 6.07 Å². The molecule has 0 atom stereocenters. The van der Waals surface area contributed by atoms with Gasteiger partial charge in [0.05, 0.1) is 23.1 Å². The predicted molar refractivity (Wildman–Crippen MR) is 89.2 cm³/mol. The van der Waals surface area contributed by atoms with Crippen LogP contribution in [-0.2, 0) is 0 Å². The number of aromatic amines is 1. The van der Waals surface area contributed by atoms with Crippen molar-refractivity contribution < 1.29 is 8.78 Å². The van der Waals surface area contributed by atoms with Crippen molar-refractivity contribution in [2.45, 2.75) is 6.92 Å². The summed E-state index contributed by atoms with van der Waals surface area (Å²) in [5.41, 5.74) is 11.2. The van der Waals surface area contributed by atoms with E-state index < -0.39 is 17.2 Å². The van der Waals surface area contributed by atoms with Crippen LogP contribution in [-0.4, -0.2) is 16.2 Å². The Morgan fingerprint density at radius 2 is 1.92 bits per heavy atom. The van der Waals surface area contributed by atoms with E-state index in [1.807, 2.05) is 0 Å². The Balaban J connectivity index is 2.59. The summed E-state index contributed by atoms with van der Waals surface area (Å²) in [4.78, 5) is 18.5. The van der Waals surface area contributed by atoms with E-state index in [-0.39, 0.29) is 39.0 Å². The van der Waals surface area contributed by atoms with Gasteiger partial charge in [0.1, 0.15) is 11.5 Å². The minimum absolute atomic E-state index is 0.0162. The van der Waals surface area contributed by atoms with Gasteiger partial charge in [-0.3, -0.25) is 9.78 Å². The van der Waals surface area contributed by atoms with Crippen LogP contribution >= 0.6 is 0 Å². The third kappa shape index (κ3) is 2.11. The Kier molecular flexibility index (Phi) is 3.52. The second-order valence-corrected chi connectivity index (χ2v) is 5.25. The van der Waals surface area contributed by atoms with Crippen molar-refractivity contribution in [2.75, 3.05) is 11.5 Å². The maximum absolute atomic E-state index is 14.4. The normalized spacial score (nSPS) is 11.0. The van der Waals surface area contributed by atoms with Crippen LogP contribution in [0.15, 0.2) is 23.1 Å². The molecule has 2 aromatic heterocycles. The number of nitrogens with two attached hydrogens (primary N) is 2. The highest BCUT2D eigenvalue weighted by atomic mass is 19.1. The number of H-pyrrole nitrogens is 1. The van der Waals surface area contributed by atoms with Crippen LogP contribution in [0, 0.1) is 24.0 Å². The lowest BCUT2D eigenvalue weighted by molar-refractivity contribution is 0.632. The van der Waals surface area contributed by atoms with E-state index in [0.717, 1.165) is 18.5 Å². The molecular formula is C16H13F2N5O. The SMILES string of the molecule is Cc1ncc(F)c2c(-c3ccc(F)c(N)c3C=N)c(N)c(=O)[nH]c12. The first-order valence-electron chi connectivity index (χ1n) is 6.92. The van der Waals surface area contributed by atoms with Crippen LogP contribution in [0.25, 0.3) is 22.0 Å². The number of aryl methyl sites for hydroxylation is 1. The predicted octanol–water partition coefficient (Wildman–Crippen LogP) is 2.34. The number of halogens is 2. The van der Waals surface area contributed by atoms with Crippen LogP contribution in [0.1, 0.15) is 11.3 Å². The van der Waals surface area contributed by atoms with Gasteiger partial charge < -0.3 is 21.9 Å². The summed E-state index contributed by atoms with van der Waals surface area (Å²) in [6.07, 6.45) is 1.85. The lowest BCUT2D eigenvalue weighted by Gasteiger charge is -2.15. The number of benzene rings is 1. The minimum atomic E-state index is -0.719. The fourth-order valence-electron chi connectivity index (χ4n) is 2.67. The molecular weight excluding hydrogens is 316 g/mol. The van der Waals surface area contributed by atoms with Gasteiger partial charge in [0.15, 0.2) is 5.82 Å². The maximum Gasteiger partial charge on any atom is 0.272 e. The number of hydrogen-bond donors (Lipinski definition) is 4. The first-order chi connectivity index (χ1) is 11.4. The molecule has 0 aliphatic carbocycles. The third-order valence-corrected chi connectivity index (χ3v) is 3.87. The molecule has 0 bridgehead atoms. The van der Waals surface area contributed by atoms with Crippen molar-refractivity contribution in [3.8, 4) is 11.1 Å². The Morgan fingerprint density at radius 3 is 2.58 bits per heavy atom. The smallest absolute Gasteiger partial charge is 0.272 e. The van der Waals surface area contributed by atoms with Gasteiger partial charge in [-0.15, -0.1) is 0 Å². The summed E-state index contributed by atoms with van der Waals surface area (Å²) in [5, 5.41) is 7.53. The molecule has 0 radical (unpaired) electrons. The first kappa shape index (κ1) is 15.6. The summed E-state index contributed by atoms with van der Waals surface area (Å²) in [6, 6.07) is 2.39. The van der Waals surface area contributed by atoms with E-state index in [2.05, 4.69) is 9.97 Å². The van der Waals surface area contributed by atoms with Gasteiger partial charge in [0.25, 0.3) is 5.56 Å². The Hall–Kier alpha value is -3.29.